The van der Waals surface area contributed by atoms with E-state index in [9.17, 15) is 0 Å². The van der Waals surface area contributed by atoms with Crippen LogP contribution < -0.4 is 4.57 Å². The molecular formula is C16H20N+. The molecule has 0 aliphatic heterocycles. The van der Waals surface area contributed by atoms with E-state index in [1.165, 1.54) is 33.8 Å². The second-order valence-corrected chi connectivity index (χ2v) is 4.94. The summed E-state index contributed by atoms with van der Waals surface area (Å²) in [5.74, 6) is 0. The van der Waals surface area contributed by atoms with Gasteiger partial charge in [0.05, 0.1) is 0 Å². The Hall–Kier alpha value is -1.63. The van der Waals surface area contributed by atoms with E-state index < -0.39 is 0 Å². The molecule has 1 aromatic heterocycles. The first-order valence-corrected chi connectivity index (χ1v) is 6.06. The number of nitrogens with zero attached hydrogens (tertiary/aromatic N) is 1. The van der Waals surface area contributed by atoms with Crippen LogP contribution in [-0.4, -0.2) is 0 Å². The van der Waals surface area contributed by atoms with Crippen molar-refractivity contribution in [2.75, 3.05) is 0 Å². The van der Waals surface area contributed by atoms with Gasteiger partial charge in [-0.25, -0.2) is 0 Å². The summed E-state index contributed by atoms with van der Waals surface area (Å²) in [5.41, 5.74) is 7.81. The van der Waals surface area contributed by atoms with Crippen molar-refractivity contribution < 1.29 is 4.57 Å². The van der Waals surface area contributed by atoms with Gasteiger partial charge in [0.1, 0.15) is 0 Å². The van der Waals surface area contributed by atoms with Crippen molar-refractivity contribution in [3.63, 3.8) is 0 Å². The van der Waals surface area contributed by atoms with E-state index in [1.54, 1.807) is 0 Å². The summed E-state index contributed by atoms with van der Waals surface area (Å²) >= 11 is 0. The summed E-state index contributed by atoms with van der Waals surface area (Å²) in [6.07, 6.45) is 0. The van der Waals surface area contributed by atoms with Crippen molar-refractivity contribution in [2.24, 2.45) is 0 Å². The first-order valence-electron chi connectivity index (χ1n) is 6.06. The van der Waals surface area contributed by atoms with Gasteiger partial charge in [-0.15, -0.1) is 0 Å². The zero-order valence-electron chi connectivity index (χ0n) is 11.3. The number of hydrogen-bond donors (Lipinski definition) is 0. The van der Waals surface area contributed by atoms with Crippen LogP contribution in [0, 0.1) is 34.6 Å². The largest absolute Gasteiger partial charge is 0.214 e. The Balaban J connectivity index is 2.68. The lowest BCUT2D eigenvalue weighted by atomic mass is 10.1. The van der Waals surface area contributed by atoms with Crippen LogP contribution in [0.3, 0.4) is 0 Å². The SMILES string of the molecule is Cc1ccc(-[n+]2c(C)cc(C)cc2C)c(C)c1. The molecule has 1 aromatic carbocycles. The fourth-order valence-corrected chi connectivity index (χ4v) is 2.54. The third kappa shape index (κ3) is 2.23. The minimum absolute atomic E-state index is 1.28. The standard InChI is InChI=1S/C16H20N/c1-11-6-7-16(13(3)8-11)17-14(4)9-12(2)10-15(17)5/h6-10H,1-5H3/q+1. The van der Waals surface area contributed by atoms with Gasteiger partial charge >= 0.3 is 0 Å². The molecule has 2 rings (SSSR count). The molecule has 0 spiro atoms. The predicted molar refractivity (Wildman–Crippen MR) is 71.7 cm³/mol. The van der Waals surface area contributed by atoms with Crippen LogP contribution in [0.4, 0.5) is 0 Å². The van der Waals surface area contributed by atoms with Crippen LogP contribution in [0.5, 0.6) is 0 Å². The van der Waals surface area contributed by atoms with Gasteiger partial charge < -0.3 is 0 Å². The molecule has 1 heterocycles. The number of hydrogen-bond acceptors (Lipinski definition) is 0. The van der Waals surface area contributed by atoms with E-state index >= 15 is 0 Å². The number of aryl methyl sites for hydroxylation is 5. The van der Waals surface area contributed by atoms with E-state index in [-0.39, 0.29) is 0 Å². The molecule has 0 N–H and O–H groups in total. The maximum Gasteiger partial charge on any atom is 0.214 e. The molecule has 1 heteroatoms. The molecule has 0 radical (unpaired) electrons. The van der Waals surface area contributed by atoms with Gasteiger partial charge in [0.15, 0.2) is 11.4 Å². The highest BCUT2D eigenvalue weighted by atomic mass is 15.0. The molecule has 0 amide bonds. The molecule has 88 valence electrons. The lowest BCUT2D eigenvalue weighted by Crippen LogP contribution is -2.38. The van der Waals surface area contributed by atoms with Crippen LogP contribution in [0.2, 0.25) is 0 Å². The van der Waals surface area contributed by atoms with E-state index in [2.05, 4.69) is 69.5 Å². The van der Waals surface area contributed by atoms with E-state index in [1.807, 2.05) is 0 Å². The number of benzene rings is 1. The van der Waals surface area contributed by atoms with Gasteiger partial charge in [-0.05, 0) is 32.4 Å². The molecule has 0 unspecified atom stereocenters. The smallest absolute Gasteiger partial charge is 0.162 e. The van der Waals surface area contributed by atoms with Gasteiger partial charge in [0.25, 0.3) is 0 Å². The molecule has 0 fully saturated rings. The molecular weight excluding hydrogens is 206 g/mol. The number of aromatic nitrogens is 1. The normalized spacial score (nSPS) is 10.6. The molecule has 0 saturated heterocycles. The van der Waals surface area contributed by atoms with Crippen molar-refractivity contribution in [3.8, 4) is 5.69 Å². The summed E-state index contributed by atoms with van der Waals surface area (Å²) in [6, 6.07) is 11.1. The monoisotopic (exact) mass is 226 g/mol. The van der Waals surface area contributed by atoms with Crippen LogP contribution in [-0.2, 0) is 0 Å². The van der Waals surface area contributed by atoms with Crippen LogP contribution >= 0.6 is 0 Å². The third-order valence-electron chi connectivity index (χ3n) is 3.17. The van der Waals surface area contributed by atoms with Crippen molar-refractivity contribution in [1.29, 1.82) is 0 Å². The molecule has 0 atom stereocenters. The Kier molecular flexibility index (Phi) is 3.01. The first-order chi connectivity index (χ1) is 7.99. The van der Waals surface area contributed by atoms with Gasteiger partial charge in [0.2, 0.25) is 5.69 Å². The quantitative estimate of drug-likeness (QED) is 0.655. The van der Waals surface area contributed by atoms with Crippen LogP contribution in [0.1, 0.15) is 28.1 Å². The zero-order chi connectivity index (χ0) is 12.6. The maximum absolute atomic E-state index is 2.32. The minimum Gasteiger partial charge on any atom is -0.162 e. The second kappa shape index (κ2) is 4.33. The van der Waals surface area contributed by atoms with Crippen molar-refractivity contribution in [2.45, 2.75) is 34.6 Å². The van der Waals surface area contributed by atoms with E-state index in [0.29, 0.717) is 0 Å². The summed E-state index contributed by atoms with van der Waals surface area (Å²) in [7, 11) is 0. The Morgan fingerprint density at radius 3 is 1.82 bits per heavy atom. The fraction of sp³-hybridized carbons (Fsp3) is 0.312. The molecule has 2 aromatic rings. The Bertz CT molecular complexity index is 545. The molecule has 0 saturated carbocycles. The minimum atomic E-state index is 1.28. The maximum atomic E-state index is 2.32. The zero-order valence-corrected chi connectivity index (χ0v) is 11.3. The average Bonchev–Trinajstić information content (AvgIpc) is 2.19. The Labute approximate surface area is 104 Å². The average molecular weight is 226 g/mol. The van der Waals surface area contributed by atoms with E-state index in [4.69, 9.17) is 0 Å². The van der Waals surface area contributed by atoms with Gasteiger partial charge in [-0.2, -0.15) is 4.57 Å². The summed E-state index contributed by atoms with van der Waals surface area (Å²) in [4.78, 5) is 0. The van der Waals surface area contributed by atoms with Crippen LogP contribution in [0.25, 0.3) is 5.69 Å². The molecule has 17 heavy (non-hydrogen) atoms. The van der Waals surface area contributed by atoms with Crippen molar-refractivity contribution in [1.82, 2.24) is 0 Å². The van der Waals surface area contributed by atoms with Crippen molar-refractivity contribution >= 4 is 0 Å². The summed E-state index contributed by atoms with van der Waals surface area (Å²) in [5, 5.41) is 0. The highest BCUT2D eigenvalue weighted by Crippen LogP contribution is 2.13. The van der Waals surface area contributed by atoms with Crippen LogP contribution in [0.15, 0.2) is 30.3 Å². The molecule has 0 aliphatic carbocycles. The topological polar surface area (TPSA) is 3.88 Å². The van der Waals surface area contributed by atoms with Gasteiger partial charge in [-0.3, -0.25) is 0 Å². The second-order valence-electron chi connectivity index (χ2n) is 4.94. The third-order valence-corrected chi connectivity index (χ3v) is 3.17. The lowest BCUT2D eigenvalue weighted by molar-refractivity contribution is -0.610. The number of rotatable bonds is 1. The Morgan fingerprint density at radius 2 is 1.29 bits per heavy atom. The summed E-state index contributed by atoms with van der Waals surface area (Å²) in [6.45, 7) is 10.8. The predicted octanol–water partition coefficient (Wildman–Crippen LogP) is 3.51. The summed E-state index contributed by atoms with van der Waals surface area (Å²) < 4.78 is 2.32. The highest BCUT2D eigenvalue weighted by Gasteiger charge is 2.16. The lowest BCUT2D eigenvalue weighted by Gasteiger charge is -2.07. The molecule has 0 bridgehead atoms. The van der Waals surface area contributed by atoms with Crippen molar-refractivity contribution in [3.05, 3.63) is 58.4 Å². The van der Waals surface area contributed by atoms with Gasteiger partial charge in [0, 0.05) is 37.6 Å². The van der Waals surface area contributed by atoms with E-state index in [0.717, 1.165) is 0 Å². The number of pyridine rings is 1. The Morgan fingerprint density at radius 1 is 0.706 bits per heavy atom. The highest BCUT2D eigenvalue weighted by molar-refractivity contribution is 5.36. The molecule has 0 aliphatic rings. The van der Waals surface area contributed by atoms with Gasteiger partial charge in [-0.1, -0.05) is 11.6 Å². The fourth-order valence-electron chi connectivity index (χ4n) is 2.54. The molecule has 1 nitrogen and oxygen atoms in total. The first kappa shape index (κ1) is 11.8.